The standard InChI is InChI=1S/C14H13FN2/c1-10-6-14(16-7-13(10)15)17-8-11-4-2-3-5-12(11)9-17/h2-7H,8-9H2,1H3. The Balaban J connectivity index is 1.91. The summed E-state index contributed by atoms with van der Waals surface area (Å²) in [4.78, 5) is 6.32. The van der Waals surface area contributed by atoms with Gasteiger partial charge in [0.2, 0.25) is 0 Å². The van der Waals surface area contributed by atoms with Crippen LogP contribution in [0.15, 0.2) is 36.5 Å². The van der Waals surface area contributed by atoms with E-state index in [1.165, 1.54) is 17.3 Å². The Morgan fingerprint density at radius 1 is 1.18 bits per heavy atom. The molecule has 0 fully saturated rings. The number of rotatable bonds is 1. The number of pyridine rings is 1. The predicted octanol–water partition coefficient (Wildman–Crippen LogP) is 3.05. The maximum Gasteiger partial charge on any atom is 0.144 e. The summed E-state index contributed by atoms with van der Waals surface area (Å²) in [5.41, 5.74) is 3.30. The van der Waals surface area contributed by atoms with E-state index in [4.69, 9.17) is 0 Å². The van der Waals surface area contributed by atoms with Crippen LogP contribution in [0.3, 0.4) is 0 Å². The summed E-state index contributed by atoms with van der Waals surface area (Å²) < 4.78 is 13.2. The molecule has 1 aromatic heterocycles. The van der Waals surface area contributed by atoms with Gasteiger partial charge < -0.3 is 4.90 Å². The number of aromatic nitrogens is 1. The molecule has 0 aliphatic carbocycles. The van der Waals surface area contributed by atoms with E-state index in [0.717, 1.165) is 18.9 Å². The van der Waals surface area contributed by atoms with Crippen LogP contribution in [0.25, 0.3) is 0 Å². The monoisotopic (exact) mass is 228 g/mol. The molecule has 0 unspecified atom stereocenters. The van der Waals surface area contributed by atoms with Gasteiger partial charge in [0.05, 0.1) is 6.20 Å². The Morgan fingerprint density at radius 3 is 2.41 bits per heavy atom. The highest BCUT2D eigenvalue weighted by atomic mass is 19.1. The summed E-state index contributed by atoms with van der Waals surface area (Å²) in [5.74, 6) is 0.602. The molecule has 2 aromatic rings. The van der Waals surface area contributed by atoms with Gasteiger partial charge in [0, 0.05) is 13.1 Å². The number of nitrogens with zero attached hydrogens (tertiary/aromatic N) is 2. The molecule has 1 aliphatic heterocycles. The van der Waals surface area contributed by atoms with Crippen molar-refractivity contribution < 1.29 is 4.39 Å². The number of anilines is 1. The molecule has 0 saturated carbocycles. The fourth-order valence-corrected chi connectivity index (χ4v) is 2.19. The molecule has 0 saturated heterocycles. The van der Waals surface area contributed by atoms with E-state index < -0.39 is 0 Å². The van der Waals surface area contributed by atoms with Gasteiger partial charge in [0.1, 0.15) is 11.6 Å². The van der Waals surface area contributed by atoms with Gasteiger partial charge >= 0.3 is 0 Å². The van der Waals surface area contributed by atoms with E-state index in [9.17, 15) is 4.39 Å². The number of hydrogen-bond donors (Lipinski definition) is 0. The Bertz CT molecular complexity index is 541. The maximum atomic E-state index is 13.2. The van der Waals surface area contributed by atoms with E-state index in [1.54, 1.807) is 13.0 Å². The average Bonchev–Trinajstić information content (AvgIpc) is 2.76. The third kappa shape index (κ3) is 1.78. The number of aryl methyl sites for hydroxylation is 1. The fraction of sp³-hybridized carbons (Fsp3) is 0.214. The van der Waals surface area contributed by atoms with Crippen molar-refractivity contribution >= 4 is 5.82 Å². The maximum absolute atomic E-state index is 13.2. The molecule has 86 valence electrons. The SMILES string of the molecule is Cc1cc(N2Cc3ccccc3C2)ncc1F. The van der Waals surface area contributed by atoms with Crippen molar-refractivity contribution in [1.82, 2.24) is 4.98 Å². The molecule has 0 atom stereocenters. The van der Waals surface area contributed by atoms with Crippen LogP contribution in [0.5, 0.6) is 0 Å². The minimum atomic E-state index is -0.245. The molecule has 2 nitrogen and oxygen atoms in total. The Morgan fingerprint density at radius 2 is 1.82 bits per heavy atom. The number of fused-ring (bicyclic) bond motifs is 1. The van der Waals surface area contributed by atoms with Gasteiger partial charge in [-0.2, -0.15) is 0 Å². The average molecular weight is 228 g/mol. The van der Waals surface area contributed by atoms with Crippen LogP contribution in [0.1, 0.15) is 16.7 Å². The third-order valence-electron chi connectivity index (χ3n) is 3.20. The number of benzene rings is 1. The molecule has 0 N–H and O–H groups in total. The quantitative estimate of drug-likeness (QED) is 0.745. The van der Waals surface area contributed by atoms with Gasteiger partial charge in [-0.3, -0.25) is 0 Å². The zero-order valence-corrected chi connectivity index (χ0v) is 9.65. The van der Waals surface area contributed by atoms with Crippen LogP contribution in [0.4, 0.5) is 10.2 Å². The van der Waals surface area contributed by atoms with Crippen LogP contribution < -0.4 is 4.90 Å². The van der Waals surface area contributed by atoms with Gasteiger partial charge in [0.15, 0.2) is 0 Å². The minimum Gasteiger partial charge on any atom is -0.348 e. The van der Waals surface area contributed by atoms with Crippen molar-refractivity contribution in [2.45, 2.75) is 20.0 Å². The highest BCUT2D eigenvalue weighted by molar-refractivity contribution is 5.48. The smallest absolute Gasteiger partial charge is 0.144 e. The van der Waals surface area contributed by atoms with Crippen molar-refractivity contribution in [1.29, 1.82) is 0 Å². The second-order valence-electron chi connectivity index (χ2n) is 4.42. The van der Waals surface area contributed by atoms with Gasteiger partial charge in [-0.25, -0.2) is 9.37 Å². The first-order chi connectivity index (χ1) is 8.24. The molecule has 1 aromatic carbocycles. The van der Waals surface area contributed by atoms with Crippen molar-refractivity contribution in [2.75, 3.05) is 4.90 Å². The molecule has 1 aliphatic rings. The largest absolute Gasteiger partial charge is 0.348 e. The Labute approximate surface area is 99.7 Å². The second-order valence-corrected chi connectivity index (χ2v) is 4.42. The molecular weight excluding hydrogens is 215 g/mol. The first kappa shape index (κ1) is 10.3. The lowest BCUT2D eigenvalue weighted by molar-refractivity contribution is 0.611. The first-order valence-corrected chi connectivity index (χ1v) is 5.68. The van der Waals surface area contributed by atoms with E-state index in [2.05, 4.69) is 22.0 Å². The lowest BCUT2D eigenvalue weighted by Crippen LogP contribution is -2.16. The van der Waals surface area contributed by atoms with E-state index in [1.807, 2.05) is 12.1 Å². The molecule has 0 amide bonds. The zero-order valence-electron chi connectivity index (χ0n) is 9.65. The van der Waals surface area contributed by atoms with Crippen molar-refractivity contribution in [3.05, 3.63) is 59.0 Å². The Kier molecular flexibility index (Phi) is 2.32. The predicted molar refractivity (Wildman–Crippen MR) is 65.3 cm³/mol. The van der Waals surface area contributed by atoms with Crippen LogP contribution in [-0.4, -0.2) is 4.98 Å². The van der Waals surface area contributed by atoms with Gasteiger partial charge in [0.25, 0.3) is 0 Å². The summed E-state index contributed by atoms with van der Waals surface area (Å²) in [5, 5.41) is 0. The Hall–Kier alpha value is -1.90. The number of halogens is 1. The van der Waals surface area contributed by atoms with E-state index in [0.29, 0.717) is 5.56 Å². The fourth-order valence-electron chi connectivity index (χ4n) is 2.19. The van der Waals surface area contributed by atoms with Crippen LogP contribution in [0.2, 0.25) is 0 Å². The lowest BCUT2D eigenvalue weighted by atomic mass is 10.1. The number of hydrogen-bond acceptors (Lipinski definition) is 2. The molecule has 2 heterocycles. The minimum absolute atomic E-state index is 0.245. The van der Waals surface area contributed by atoms with Gasteiger partial charge in [-0.1, -0.05) is 24.3 Å². The van der Waals surface area contributed by atoms with Crippen LogP contribution >= 0.6 is 0 Å². The van der Waals surface area contributed by atoms with Crippen molar-refractivity contribution in [2.24, 2.45) is 0 Å². The van der Waals surface area contributed by atoms with Crippen LogP contribution in [-0.2, 0) is 13.1 Å². The molecule has 17 heavy (non-hydrogen) atoms. The van der Waals surface area contributed by atoms with Crippen LogP contribution in [0, 0.1) is 12.7 Å². The van der Waals surface area contributed by atoms with E-state index in [-0.39, 0.29) is 5.82 Å². The molecule has 3 rings (SSSR count). The highest BCUT2D eigenvalue weighted by Gasteiger charge is 2.19. The first-order valence-electron chi connectivity index (χ1n) is 5.68. The molecule has 0 spiro atoms. The molecule has 0 radical (unpaired) electrons. The van der Waals surface area contributed by atoms with Gasteiger partial charge in [-0.05, 0) is 29.7 Å². The molecule has 3 heteroatoms. The second kappa shape index (κ2) is 3.84. The van der Waals surface area contributed by atoms with Crippen molar-refractivity contribution in [3.8, 4) is 0 Å². The molecular formula is C14H13FN2. The summed E-state index contributed by atoms with van der Waals surface area (Å²) >= 11 is 0. The highest BCUT2D eigenvalue weighted by Crippen LogP contribution is 2.27. The summed E-state index contributed by atoms with van der Waals surface area (Å²) in [6.07, 6.45) is 1.30. The van der Waals surface area contributed by atoms with Gasteiger partial charge in [-0.15, -0.1) is 0 Å². The summed E-state index contributed by atoms with van der Waals surface area (Å²) in [6.45, 7) is 3.48. The van der Waals surface area contributed by atoms with Crippen molar-refractivity contribution in [3.63, 3.8) is 0 Å². The lowest BCUT2D eigenvalue weighted by Gasteiger charge is -2.16. The normalized spacial score (nSPS) is 13.9. The summed E-state index contributed by atoms with van der Waals surface area (Å²) in [6, 6.07) is 10.2. The van der Waals surface area contributed by atoms with E-state index >= 15 is 0 Å². The summed E-state index contributed by atoms with van der Waals surface area (Å²) in [7, 11) is 0. The topological polar surface area (TPSA) is 16.1 Å². The third-order valence-corrected chi connectivity index (χ3v) is 3.20. The zero-order chi connectivity index (χ0) is 11.8. The molecule has 0 bridgehead atoms.